The molecule has 1 heterocycles. The molecule has 23 heavy (non-hydrogen) atoms. The van der Waals surface area contributed by atoms with Gasteiger partial charge in [0.05, 0.1) is 18.7 Å². The van der Waals surface area contributed by atoms with Gasteiger partial charge in [0.2, 0.25) is 0 Å². The van der Waals surface area contributed by atoms with E-state index in [1.165, 1.54) is 11.1 Å². The molecule has 1 aliphatic heterocycles. The molecule has 0 bridgehead atoms. The number of benzene rings is 2. The molecule has 1 N–H and O–H groups in total. The van der Waals surface area contributed by atoms with E-state index in [0.717, 1.165) is 24.2 Å². The maximum absolute atomic E-state index is 12.4. The van der Waals surface area contributed by atoms with Crippen LogP contribution < -0.4 is 10.1 Å². The summed E-state index contributed by atoms with van der Waals surface area (Å²) in [6.07, 6.45) is 1.77. The first-order valence-corrected chi connectivity index (χ1v) is 7.89. The first kappa shape index (κ1) is 14.1. The Morgan fingerprint density at radius 3 is 2.26 bits per heavy atom. The van der Waals surface area contributed by atoms with Gasteiger partial charge in [0.15, 0.2) is 0 Å². The van der Waals surface area contributed by atoms with Crippen LogP contribution in [0, 0.1) is 0 Å². The molecule has 0 aromatic heterocycles. The SMILES string of the molecule is COc1ccc([C@H]2NC(=O)N(C)C23Cc2ccccc2C3)cc1. The standard InChI is InChI=1S/C19H20N2O2/c1-21-18(22)20-17(13-7-9-16(23-2)10-8-13)19(21)11-14-5-3-4-6-15(14)12-19/h3-10,17H,11-12H2,1-2H3,(H,20,22)/t17-/m1/s1. The second kappa shape index (κ2) is 5.01. The Morgan fingerprint density at radius 2 is 1.70 bits per heavy atom. The monoisotopic (exact) mass is 308 g/mol. The second-order valence-corrected chi connectivity index (χ2v) is 6.44. The molecule has 4 heteroatoms. The third-order valence-electron chi connectivity index (χ3n) is 5.34. The Morgan fingerprint density at radius 1 is 1.09 bits per heavy atom. The number of hydrogen-bond donors (Lipinski definition) is 1. The number of carbonyl (C=O) groups excluding carboxylic acids is 1. The lowest BCUT2D eigenvalue weighted by molar-refractivity contribution is 0.168. The van der Waals surface area contributed by atoms with Gasteiger partial charge in [0.25, 0.3) is 0 Å². The Labute approximate surface area is 136 Å². The topological polar surface area (TPSA) is 41.6 Å². The number of rotatable bonds is 2. The van der Waals surface area contributed by atoms with Crippen LogP contribution in [0.2, 0.25) is 0 Å². The first-order valence-electron chi connectivity index (χ1n) is 7.89. The molecule has 1 spiro atoms. The molecular weight excluding hydrogens is 288 g/mol. The summed E-state index contributed by atoms with van der Waals surface area (Å²) in [5.41, 5.74) is 3.58. The molecule has 4 rings (SSSR count). The van der Waals surface area contributed by atoms with E-state index >= 15 is 0 Å². The van der Waals surface area contributed by atoms with Crippen LogP contribution in [0.5, 0.6) is 5.75 Å². The maximum atomic E-state index is 12.4. The van der Waals surface area contributed by atoms with Gasteiger partial charge < -0.3 is 15.0 Å². The largest absolute Gasteiger partial charge is 0.497 e. The summed E-state index contributed by atoms with van der Waals surface area (Å²) in [6.45, 7) is 0. The fraction of sp³-hybridized carbons (Fsp3) is 0.316. The van der Waals surface area contributed by atoms with Gasteiger partial charge in [-0.15, -0.1) is 0 Å². The molecule has 0 radical (unpaired) electrons. The summed E-state index contributed by atoms with van der Waals surface area (Å²) < 4.78 is 5.24. The lowest BCUT2D eigenvalue weighted by Gasteiger charge is -2.35. The lowest BCUT2D eigenvalue weighted by Crippen LogP contribution is -2.47. The third kappa shape index (κ3) is 2.01. The molecule has 2 amide bonds. The van der Waals surface area contributed by atoms with Gasteiger partial charge in [0, 0.05) is 7.05 Å². The van der Waals surface area contributed by atoms with Crippen LogP contribution in [-0.4, -0.2) is 30.6 Å². The van der Waals surface area contributed by atoms with Gasteiger partial charge >= 0.3 is 6.03 Å². The highest BCUT2D eigenvalue weighted by atomic mass is 16.5. The van der Waals surface area contributed by atoms with E-state index in [2.05, 4.69) is 29.6 Å². The summed E-state index contributed by atoms with van der Waals surface area (Å²) >= 11 is 0. The maximum Gasteiger partial charge on any atom is 0.318 e. The quantitative estimate of drug-likeness (QED) is 0.927. The van der Waals surface area contributed by atoms with Crippen molar-refractivity contribution in [2.75, 3.05) is 14.2 Å². The van der Waals surface area contributed by atoms with Crippen LogP contribution in [0.15, 0.2) is 48.5 Å². The van der Waals surface area contributed by atoms with Gasteiger partial charge in [-0.1, -0.05) is 36.4 Å². The van der Waals surface area contributed by atoms with Crippen LogP contribution in [0.3, 0.4) is 0 Å². The van der Waals surface area contributed by atoms with E-state index in [9.17, 15) is 4.79 Å². The van der Waals surface area contributed by atoms with Crippen molar-refractivity contribution in [1.29, 1.82) is 0 Å². The molecule has 0 saturated carbocycles. The average Bonchev–Trinajstić information content (AvgIpc) is 3.08. The number of amides is 2. The van der Waals surface area contributed by atoms with Crippen molar-refractivity contribution in [3.8, 4) is 5.75 Å². The number of methoxy groups -OCH3 is 1. The molecular formula is C19H20N2O2. The Balaban J connectivity index is 1.75. The van der Waals surface area contributed by atoms with Crippen LogP contribution in [0.25, 0.3) is 0 Å². The summed E-state index contributed by atoms with van der Waals surface area (Å²) in [5, 5.41) is 3.17. The smallest absolute Gasteiger partial charge is 0.318 e. The molecule has 4 nitrogen and oxygen atoms in total. The third-order valence-corrected chi connectivity index (χ3v) is 5.34. The predicted octanol–water partition coefficient (Wildman–Crippen LogP) is 2.93. The van der Waals surface area contributed by atoms with Crippen molar-refractivity contribution < 1.29 is 9.53 Å². The number of carbonyl (C=O) groups is 1. The van der Waals surface area contributed by atoms with Crippen LogP contribution >= 0.6 is 0 Å². The number of ether oxygens (including phenoxy) is 1. The van der Waals surface area contributed by atoms with Crippen LogP contribution in [-0.2, 0) is 12.8 Å². The van der Waals surface area contributed by atoms with Gasteiger partial charge in [-0.05, 0) is 41.7 Å². The molecule has 1 saturated heterocycles. The Kier molecular flexibility index (Phi) is 3.08. The highest BCUT2D eigenvalue weighted by Gasteiger charge is 2.54. The fourth-order valence-electron chi connectivity index (χ4n) is 4.01. The number of hydrogen-bond acceptors (Lipinski definition) is 2. The predicted molar refractivity (Wildman–Crippen MR) is 88.6 cm³/mol. The van der Waals surface area contributed by atoms with E-state index in [1.54, 1.807) is 7.11 Å². The molecule has 0 unspecified atom stereocenters. The normalized spacial score (nSPS) is 21.4. The highest BCUT2D eigenvalue weighted by Crippen LogP contribution is 2.46. The van der Waals surface area contributed by atoms with Crippen molar-refractivity contribution in [1.82, 2.24) is 10.2 Å². The number of urea groups is 1. The minimum atomic E-state index is -0.227. The number of nitrogens with one attached hydrogen (secondary N) is 1. The van der Waals surface area contributed by atoms with Gasteiger partial charge in [-0.25, -0.2) is 4.79 Å². The van der Waals surface area contributed by atoms with E-state index in [0.29, 0.717) is 0 Å². The zero-order valence-corrected chi connectivity index (χ0v) is 13.4. The number of nitrogens with zero attached hydrogens (tertiary/aromatic N) is 1. The zero-order valence-electron chi connectivity index (χ0n) is 13.4. The van der Waals surface area contributed by atoms with Crippen LogP contribution in [0.4, 0.5) is 4.79 Å². The molecule has 1 aliphatic carbocycles. The molecule has 118 valence electrons. The zero-order chi connectivity index (χ0) is 16.0. The summed E-state index contributed by atoms with van der Waals surface area (Å²) in [6, 6.07) is 16.5. The highest BCUT2D eigenvalue weighted by molar-refractivity contribution is 5.79. The van der Waals surface area contributed by atoms with E-state index in [4.69, 9.17) is 4.74 Å². The van der Waals surface area contributed by atoms with Crippen molar-refractivity contribution in [3.63, 3.8) is 0 Å². The first-order chi connectivity index (χ1) is 11.1. The molecule has 2 aliphatic rings. The fourth-order valence-corrected chi connectivity index (χ4v) is 4.01. The molecule has 1 atom stereocenters. The molecule has 2 aromatic rings. The van der Waals surface area contributed by atoms with Crippen molar-refractivity contribution in [2.45, 2.75) is 24.4 Å². The number of likely N-dealkylation sites (N-methyl/N-ethyl adjacent to an activating group) is 1. The van der Waals surface area contributed by atoms with E-state index in [-0.39, 0.29) is 17.6 Å². The van der Waals surface area contributed by atoms with Gasteiger partial charge in [-0.3, -0.25) is 0 Å². The van der Waals surface area contributed by atoms with E-state index < -0.39 is 0 Å². The molecule has 1 fully saturated rings. The van der Waals surface area contributed by atoms with Crippen molar-refractivity contribution in [3.05, 3.63) is 65.2 Å². The minimum absolute atomic E-state index is 0.00127. The number of fused-ring (bicyclic) bond motifs is 1. The Bertz CT molecular complexity index is 729. The Hall–Kier alpha value is -2.49. The van der Waals surface area contributed by atoms with Crippen LogP contribution in [0.1, 0.15) is 22.7 Å². The molecule has 2 aromatic carbocycles. The summed E-state index contributed by atoms with van der Waals surface area (Å²) in [5.74, 6) is 0.829. The van der Waals surface area contributed by atoms with Gasteiger partial charge in [0.1, 0.15) is 5.75 Å². The summed E-state index contributed by atoms with van der Waals surface area (Å²) in [4.78, 5) is 14.3. The summed E-state index contributed by atoms with van der Waals surface area (Å²) in [7, 11) is 3.57. The van der Waals surface area contributed by atoms with Crippen molar-refractivity contribution in [2.24, 2.45) is 0 Å². The van der Waals surface area contributed by atoms with Gasteiger partial charge in [-0.2, -0.15) is 0 Å². The second-order valence-electron chi connectivity index (χ2n) is 6.44. The lowest BCUT2D eigenvalue weighted by atomic mass is 9.83. The van der Waals surface area contributed by atoms with Crippen molar-refractivity contribution >= 4 is 6.03 Å². The van der Waals surface area contributed by atoms with E-state index in [1.807, 2.05) is 36.2 Å². The minimum Gasteiger partial charge on any atom is -0.497 e. The average molecular weight is 308 g/mol.